The van der Waals surface area contributed by atoms with Gasteiger partial charge in [0.15, 0.2) is 11.6 Å². The predicted octanol–water partition coefficient (Wildman–Crippen LogP) is 3.17. The van der Waals surface area contributed by atoms with E-state index in [4.69, 9.17) is 28.9 Å². The summed E-state index contributed by atoms with van der Waals surface area (Å²) in [4.78, 5) is 23.1. The number of nitrogens with zero attached hydrogens (tertiary/aromatic N) is 4. The summed E-state index contributed by atoms with van der Waals surface area (Å²) in [6.45, 7) is 6.44. The van der Waals surface area contributed by atoms with E-state index >= 15 is 4.39 Å². The Kier molecular flexibility index (Phi) is 9.30. The molecule has 1 aromatic heterocycles. The van der Waals surface area contributed by atoms with Crippen molar-refractivity contribution < 1.29 is 14.3 Å². The van der Waals surface area contributed by atoms with Gasteiger partial charge >= 0.3 is 0 Å². The number of hydrogen-bond acceptors (Lipinski definition) is 7. The summed E-state index contributed by atoms with van der Waals surface area (Å²) in [5.74, 6) is -0.597. The normalized spacial score (nSPS) is 18.8. The molecule has 34 heavy (non-hydrogen) atoms. The average molecular weight is 513 g/mol. The lowest BCUT2D eigenvalue weighted by Crippen LogP contribution is -2.48. The van der Waals surface area contributed by atoms with Crippen LogP contribution in [0.2, 0.25) is 10.0 Å². The van der Waals surface area contributed by atoms with Gasteiger partial charge in [0.25, 0.3) is 0 Å². The highest BCUT2D eigenvalue weighted by molar-refractivity contribution is 6.35. The summed E-state index contributed by atoms with van der Waals surface area (Å²) in [6.07, 6.45) is 1.31. The molecule has 1 aliphatic rings. The Bertz CT molecular complexity index is 996. The van der Waals surface area contributed by atoms with Crippen molar-refractivity contribution in [3.63, 3.8) is 0 Å². The van der Waals surface area contributed by atoms with Gasteiger partial charge in [-0.2, -0.15) is 4.39 Å². The minimum Gasteiger partial charge on any atom is -0.391 e. The standard InChI is InChI=1S/C23H31Cl2FN6O2/c1-14(2)9-32(10-16-3-4-17(24)7-18(16)25)23-21(26)22(29-13-30-23)28-8-15-5-6-31(11-19(15)33)12-20(27)34/h3-4,7,13-15,19,33H,5-6,8-12H2,1-2H3,(H2,27,34)(H,28,29,30). The van der Waals surface area contributed by atoms with E-state index in [0.717, 1.165) is 5.56 Å². The van der Waals surface area contributed by atoms with Crippen LogP contribution >= 0.6 is 23.2 Å². The van der Waals surface area contributed by atoms with Gasteiger partial charge in [0, 0.05) is 42.1 Å². The molecule has 3 rings (SSSR count). The van der Waals surface area contributed by atoms with Crippen molar-refractivity contribution in [1.82, 2.24) is 14.9 Å². The Morgan fingerprint density at radius 1 is 1.38 bits per heavy atom. The van der Waals surface area contributed by atoms with Gasteiger partial charge in [0.2, 0.25) is 11.7 Å². The number of rotatable bonds is 10. The zero-order valence-corrected chi connectivity index (χ0v) is 20.9. The van der Waals surface area contributed by atoms with Gasteiger partial charge in [-0.1, -0.05) is 43.1 Å². The number of aliphatic hydroxyl groups excluding tert-OH is 1. The number of primary amides is 1. The second-order valence-electron chi connectivity index (χ2n) is 9.07. The quantitative estimate of drug-likeness (QED) is 0.448. The van der Waals surface area contributed by atoms with Crippen LogP contribution in [-0.2, 0) is 11.3 Å². The molecule has 0 spiro atoms. The Hall–Kier alpha value is -2.20. The number of carbonyl (C=O) groups excluding carboxylic acids is 1. The van der Waals surface area contributed by atoms with Gasteiger partial charge in [0.05, 0.1) is 12.6 Å². The molecule has 1 saturated heterocycles. The summed E-state index contributed by atoms with van der Waals surface area (Å²) in [6, 6.07) is 5.23. The van der Waals surface area contributed by atoms with Crippen LogP contribution in [0.15, 0.2) is 24.5 Å². The van der Waals surface area contributed by atoms with Crippen LogP contribution in [0.3, 0.4) is 0 Å². The number of halogens is 3. The SMILES string of the molecule is CC(C)CN(Cc1ccc(Cl)cc1Cl)c1ncnc(NCC2CCN(CC(N)=O)CC2O)c1F. The third-order valence-corrected chi connectivity index (χ3v) is 6.34. The van der Waals surface area contributed by atoms with E-state index in [1.54, 1.807) is 12.1 Å². The van der Waals surface area contributed by atoms with E-state index in [-0.39, 0.29) is 30.0 Å². The first kappa shape index (κ1) is 26.4. The fourth-order valence-corrected chi connectivity index (χ4v) is 4.57. The van der Waals surface area contributed by atoms with Crippen molar-refractivity contribution in [1.29, 1.82) is 0 Å². The highest BCUT2D eigenvalue weighted by Crippen LogP contribution is 2.28. The largest absolute Gasteiger partial charge is 0.391 e. The number of nitrogens with two attached hydrogens (primary N) is 1. The third-order valence-electron chi connectivity index (χ3n) is 5.75. The molecule has 4 N–H and O–H groups in total. The minimum atomic E-state index is -0.658. The maximum Gasteiger partial charge on any atom is 0.231 e. The average Bonchev–Trinajstić information content (AvgIpc) is 2.75. The number of aliphatic hydroxyl groups is 1. The molecule has 186 valence electrons. The Morgan fingerprint density at radius 2 is 2.15 bits per heavy atom. The van der Waals surface area contributed by atoms with Crippen LogP contribution < -0.4 is 16.0 Å². The Morgan fingerprint density at radius 3 is 2.79 bits per heavy atom. The van der Waals surface area contributed by atoms with Crippen LogP contribution in [-0.4, -0.2) is 64.7 Å². The number of anilines is 2. The number of nitrogens with one attached hydrogen (secondary N) is 1. The van der Waals surface area contributed by atoms with Gasteiger partial charge < -0.3 is 21.1 Å². The molecule has 0 saturated carbocycles. The second kappa shape index (κ2) is 12.0. The van der Waals surface area contributed by atoms with Crippen LogP contribution in [0.25, 0.3) is 0 Å². The smallest absolute Gasteiger partial charge is 0.231 e. The zero-order chi connectivity index (χ0) is 24.8. The third kappa shape index (κ3) is 7.15. The summed E-state index contributed by atoms with van der Waals surface area (Å²) in [5, 5.41) is 14.5. The van der Waals surface area contributed by atoms with Crippen molar-refractivity contribution in [2.45, 2.75) is 32.9 Å². The monoisotopic (exact) mass is 512 g/mol. The molecule has 2 heterocycles. The van der Waals surface area contributed by atoms with Crippen molar-refractivity contribution in [2.75, 3.05) is 42.9 Å². The predicted molar refractivity (Wildman–Crippen MR) is 133 cm³/mol. The van der Waals surface area contributed by atoms with E-state index < -0.39 is 17.8 Å². The van der Waals surface area contributed by atoms with Crippen LogP contribution in [0.1, 0.15) is 25.8 Å². The molecule has 1 aromatic carbocycles. The Labute approximate surface area is 209 Å². The number of β-amino-alcohol motifs (C(OH)–C–C–N with tert-alkyl or cyclic N) is 1. The number of benzene rings is 1. The number of hydrogen-bond donors (Lipinski definition) is 3. The maximum absolute atomic E-state index is 15.5. The van der Waals surface area contributed by atoms with Gasteiger partial charge in [-0.3, -0.25) is 9.69 Å². The molecule has 1 fully saturated rings. The molecular weight excluding hydrogens is 482 g/mol. The van der Waals surface area contributed by atoms with Gasteiger partial charge in [-0.05, 0) is 36.6 Å². The number of aromatic nitrogens is 2. The summed E-state index contributed by atoms with van der Waals surface area (Å²) >= 11 is 12.4. The van der Waals surface area contributed by atoms with Crippen molar-refractivity contribution in [3.8, 4) is 0 Å². The van der Waals surface area contributed by atoms with E-state index in [1.807, 2.05) is 29.7 Å². The molecule has 2 unspecified atom stereocenters. The highest BCUT2D eigenvalue weighted by atomic mass is 35.5. The summed E-state index contributed by atoms with van der Waals surface area (Å²) in [7, 11) is 0. The molecule has 1 aliphatic heterocycles. The van der Waals surface area contributed by atoms with Crippen molar-refractivity contribution in [3.05, 3.63) is 46.0 Å². The lowest BCUT2D eigenvalue weighted by molar-refractivity contribution is -0.120. The van der Waals surface area contributed by atoms with Crippen LogP contribution in [0.5, 0.6) is 0 Å². The molecule has 11 heteroatoms. The first-order valence-electron chi connectivity index (χ1n) is 11.3. The molecule has 1 amide bonds. The lowest BCUT2D eigenvalue weighted by atomic mass is 9.93. The topological polar surface area (TPSA) is 108 Å². The number of likely N-dealkylation sites (tertiary alicyclic amines) is 1. The first-order valence-corrected chi connectivity index (χ1v) is 12.0. The molecule has 0 aliphatic carbocycles. The van der Waals surface area contributed by atoms with Gasteiger partial charge in [0.1, 0.15) is 6.33 Å². The molecule has 2 atom stereocenters. The minimum absolute atomic E-state index is 0.0766. The van der Waals surface area contributed by atoms with Crippen molar-refractivity contribution >= 4 is 40.7 Å². The van der Waals surface area contributed by atoms with Gasteiger partial charge in [-0.15, -0.1) is 0 Å². The van der Waals surface area contributed by atoms with E-state index in [9.17, 15) is 9.90 Å². The maximum atomic E-state index is 15.5. The molecule has 2 aromatic rings. The number of piperidine rings is 1. The zero-order valence-electron chi connectivity index (χ0n) is 19.3. The van der Waals surface area contributed by atoms with Gasteiger partial charge in [-0.25, -0.2) is 9.97 Å². The first-order chi connectivity index (χ1) is 16.1. The molecule has 0 bridgehead atoms. The fourth-order valence-electron chi connectivity index (χ4n) is 4.10. The second-order valence-corrected chi connectivity index (χ2v) is 9.91. The van der Waals surface area contributed by atoms with Crippen molar-refractivity contribution in [2.24, 2.45) is 17.6 Å². The fraction of sp³-hybridized carbons (Fsp3) is 0.522. The lowest BCUT2D eigenvalue weighted by Gasteiger charge is -2.35. The molecule has 8 nitrogen and oxygen atoms in total. The highest BCUT2D eigenvalue weighted by Gasteiger charge is 2.29. The van der Waals surface area contributed by atoms with E-state index in [1.165, 1.54) is 6.33 Å². The van der Waals surface area contributed by atoms with Crippen LogP contribution in [0.4, 0.5) is 16.0 Å². The van der Waals surface area contributed by atoms with E-state index in [2.05, 4.69) is 15.3 Å². The molecule has 0 radical (unpaired) electrons. The molecular formula is C23H31Cl2FN6O2. The van der Waals surface area contributed by atoms with Crippen LogP contribution in [0, 0.1) is 17.7 Å². The number of amides is 1. The summed E-state index contributed by atoms with van der Waals surface area (Å²) in [5.41, 5.74) is 6.05. The summed E-state index contributed by atoms with van der Waals surface area (Å²) < 4.78 is 15.5. The number of carbonyl (C=O) groups is 1. The van der Waals surface area contributed by atoms with E-state index in [0.29, 0.717) is 49.2 Å². The Balaban J connectivity index is 1.72.